The number of carbonyl (C=O) groups is 1. The van der Waals surface area contributed by atoms with Crippen LogP contribution in [0.3, 0.4) is 0 Å². The molecule has 1 aliphatic heterocycles. The number of nitrogens with zero attached hydrogens (tertiary/aromatic N) is 1. The van der Waals surface area contributed by atoms with Crippen LogP contribution in [0.15, 0.2) is 66.7 Å². The van der Waals surface area contributed by atoms with Crippen LogP contribution >= 0.6 is 0 Å². The first-order valence-corrected chi connectivity index (χ1v) is 9.97. The molecule has 3 aromatic rings. The summed E-state index contributed by atoms with van der Waals surface area (Å²) in [4.78, 5) is 15.2. The average Bonchev–Trinajstić information content (AvgIpc) is 2.80. The fourth-order valence-electron chi connectivity index (χ4n) is 3.79. The Kier molecular flexibility index (Phi) is 6.08. The van der Waals surface area contributed by atoms with Crippen molar-refractivity contribution >= 4 is 16.7 Å². The number of hydrogen-bond donors (Lipinski definition) is 1. The second-order valence-electron chi connectivity index (χ2n) is 7.21. The van der Waals surface area contributed by atoms with Crippen LogP contribution in [0.2, 0.25) is 0 Å². The van der Waals surface area contributed by atoms with Gasteiger partial charge in [-0.3, -0.25) is 9.69 Å². The summed E-state index contributed by atoms with van der Waals surface area (Å²) >= 11 is 0. The molecule has 0 bridgehead atoms. The minimum Gasteiger partial charge on any atom is -0.497 e. The first kappa shape index (κ1) is 19.4. The summed E-state index contributed by atoms with van der Waals surface area (Å²) in [6.07, 6.45) is 0. The number of carbonyl (C=O) groups excluding carboxylic acids is 1. The van der Waals surface area contributed by atoms with E-state index >= 15 is 0 Å². The third-order valence-electron chi connectivity index (χ3n) is 5.45. The van der Waals surface area contributed by atoms with Crippen LogP contribution in [-0.4, -0.2) is 50.8 Å². The van der Waals surface area contributed by atoms with E-state index in [1.54, 1.807) is 7.11 Å². The van der Waals surface area contributed by atoms with Gasteiger partial charge in [0.2, 0.25) is 0 Å². The lowest BCUT2D eigenvalue weighted by Crippen LogP contribution is -2.43. The number of methoxy groups -OCH3 is 1. The normalized spacial score (nSPS) is 15.8. The Hall–Kier alpha value is -2.89. The van der Waals surface area contributed by atoms with Crippen molar-refractivity contribution in [1.29, 1.82) is 0 Å². The van der Waals surface area contributed by atoms with Gasteiger partial charge in [-0.1, -0.05) is 42.5 Å². The summed E-state index contributed by atoms with van der Waals surface area (Å²) in [6, 6.07) is 22.1. The highest BCUT2D eigenvalue weighted by Gasteiger charge is 2.23. The average molecular weight is 390 g/mol. The Morgan fingerprint density at radius 2 is 1.76 bits per heavy atom. The monoisotopic (exact) mass is 390 g/mol. The Morgan fingerprint density at radius 1 is 1.03 bits per heavy atom. The lowest BCUT2D eigenvalue weighted by atomic mass is 10.0. The third kappa shape index (κ3) is 4.58. The molecule has 1 saturated heterocycles. The van der Waals surface area contributed by atoms with Crippen LogP contribution < -0.4 is 10.1 Å². The minimum atomic E-state index is -0.0532. The van der Waals surface area contributed by atoms with Crippen LogP contribution in [0.1, 0.15) is 22.0 Å². The zero-order chi connectivity index (χ0) is 20.1. The van der Waals surface area contributed by atoms with Gasteiger partial charge in [-0.15, -0.1) is 0 Å². The molecule has 5 heteroatoms. The molecule has 0 saturated carbocycles. The van der Waals surface area contributed by atoms with Crippen LogP contribution in [-0.2, 0) is 4.74 Å². The molecule has 3 aromatic carbocycles. The largest absolute Gasteiger partial charge is 0.497 e. The number of amides is 1. The molecule has 1 fully saturated rings. The van der Waals surface area contributed by atoms with E-state index in [2.05, 4.69) is 28.4 Å². The van der Waals surface area contributed by atoms with Crippen molar-refractivity contribution in [2.75, 3.05) is 40.0 Å². The number of benzene rings is 3. The first-order valence-electron chi connectivity index (χ1n) is 9.97. The Balaban J connectivity index is 1.50. The van der Waals surface area contributed by atoms with Crippen molar-refractivity contribution in [3.05, 3.63) is 77.9 Å². The highest BCUT2D eigenvalue weighted by Crippen LogP contribution is 2.24. The molecular formula is C24H26N2O3. The number of ether oxygens (including phenoxy) is 2. The van der Waals surface area contributed by atoms with Gasteiger partial charge in [0.05, 0.1) is 26.4 Å². The maximum absolute atomic E-state index is 12.8. The predicted octanol–water partition coefficient (Wildman–Crippen LogP) is 3.65. The minimum absolute atomic E-state index is 0.0532. The van der Waals surface area contributed by atoms with Gasteiger partial charge >= 0.3 is 0 Å². The van der Waals surface area contributed by atoms with E-state index in [1.807, 2.05) is 48.5 Å². The van der Waals surface area contributed by atoms with Crippen LogP contribution in [0.5, 0.6) is 5.75 Å². The summed E-state index contributed by atoms with van der Waals surface area (Å²) in [6.45, 7) is 3.67. The molecular weight excluding hydrogens is 364 g/mol. The van der Waals surface area contributed by atoms with Gasteiger partial charge in [-0.25, -0.2) is 0 Å². The van der Waals surface area contributed by atoms with E-state index in [4.69, 9.17) is 9.47 Å². The maximum Gasteiger partial charge on any atom is 0.251 e. The predicted molar refractivity (Wildman–Crippen MR) is 114 cm³/mol. The zero-order valence-electron chi connectivity index (χ0n) is 16.6. The van der Waals surface area contributed by atoms with Crippen molar-refractivity contribution in [1.82, 2.24) is 10.2 Å². The summed E-state index contributed by atoms with van der Waals surface area (Å²) in [5, 5.41) is 5.34. The SMILES string of the molecule is COc1ccc([C@@H](CNC(=O)c2ccc3ccccc3c2)N2CCOCC2)cc1. The lowest BCUT2D eigenvalue weighted by molar-refractivity contribution is 0.0162. The molecule has 29 heavy (non-hydrogen) atoms. The van der Waals surface area contributed by atoms with Crippen molar-refractivity contribution in [3.8, 4) is 5.75 Å². The van der Waals surface area contributed by atoms with Gasteiger partial charge in [-0.05, 0) is 40.6 Å². The molecule has 4 rings (SSSR count). The number of nitrogens with one attached hydrogen (secondary N) is 1. The van der Waals surface area contributed by atoms with Gasteiger partial charge in [0.15, 0.2) is 0 Å². The molecule has 1 N–H and O–H groups in total. The van der Waals surface area contributed by atoms with E-state index in [-0.39, 0.29) is 11.9 Å². The molecule has 150 valence electrons. The standard InChI is InChI=1S/C24H26N2O3/c1-28-22-10-8-19(9-11-22)23(26-12-14-29-15-13-26)17-25-24(27)21-7-6-18-4-2-3-5-20(18)16-21/h2-11,16,23H,12-15,17H2,1H3,(H,25,27)/t23-/m1/s1. The van der Waals surface area contributed by atoms with Crippen LogP contribution in [0.25, 0.3) is 10.8 Å². The zero-order valence-corrected chi connectivity index (χ0v) is 16.6. The Morgan fingerprint density at radius 3 is 2.48 bits per heavy atom. The van der Waals surface area contributed by atoms with E-state index in [1.165, 1.54) is 0 Å². The second kappa shape index (κ2) is 9.07. The van der Waals surface area contributed by atoms with Crippen LogP contribution in [0.4, 0.5) is 0 Å². The molecule has 0 spiro atoms. The number of hydrogen-bond acceptors (Lipinski definition) is 4. The van der Waals surface area contributed by atoms with E-state index in [0.29, 0.717) is 25.3 Å². The number of rotatable bonds is 6. The van der Waals surface area contributed by atoms with Crippen molar-refractivity contribution in [3.63, 3.8) is 0 Å². The highest BCUT2D eigenvalue weighted by atomic mass is 16.5. The van der Waals surface area contributed by atoms with Gasteiger partial charge in [0.1, 0.15) is 5.75 Å². The molecule has 1 amide bonds. The van der Waals surface area contributed by atoms with Gasteiger partial charge in [0, 0.05) is 25.2 Å². The summed E-state index contributed by atoms with van der Waals surface area (Å²) in [7, 11) is 1.66. The highest BCUT2D eigenvalue weighted by molar-refractivity contribution is 5.98. The molecule has 1 aliphatic rings. The summed E-state index contributed by atoms with van der Waals surface area (Å²) in [5.41, 5.74) is 1.84. The molecule has 0 aromatic heterocycles. The maximum atomic E-state index is 12.8. The van der Waals surface area contributed by atoms with Gasteiger partial charge in [0.25, 0.3) is 5.91 Å². The second-order valence-corrected chi connectivity index (χ2v) is 7.21. The van der Waals surface area contributed by atoms with Gasteiger partial charge in [-0.2, -0.15) is 0 Å². The first-order chi connectivity index (χ1) is 14.2. The fraction of sp³-hybridized carbons (Fsp3) is 0.292. The summed E-state index contributed by atoms with van der Waals surface area (Å²) < 4.78 is 10.8. The molecule has 1 heterocycles. The smallest absolute Gasteiger partial charge is 0.251 e. The van der Waals surface area contributed by atoms with Crippen molar-refractivity contribution < 1.29 is 14.3 Å². The lowest BCUT2D eigenvalue weighted by Gasteiger charge is -2.35. The van der Waals surface area contributed by atoms with Crippen molar-refractivity contribution in [2.24, 2.45) is 0 Å². The van der Waals surface area contributed by atoms with Crippen molar-refractivity contribution in [2.45, 2.75) is 6.04 Å². The molecule has 0 aliphatic carbocycles. The molecule has 5 nitrogen and oxygen atoms in total. The Labute approximate surface area is 171 Å². The van der Waals surface area contributed by atoms with E-state index < -0.39 is 0 Å². The molecule has 0 radical (unpaired) electrons. The fourth-order valence-corrected chi connectivity index (χ4v) is 3.79. The Bertz CT molecular complexity index is 965. The quantitative estimate of drug-likeness (QED) is 0.698. The van der Waals surface area contributed by atoms with Crippen LogP contribution in [0, 0.1) is 0 Å². The number of morpholine rings is 1. The number of fused-ring (bicyclic) bond motifs is 1. The molecule has 1 atom stereocenters. The van der Waals surface area contributed by atoms with E-state index in [9.17, 15) is 4.79 Å². The molecule has 0 unspecified atom stereocenters. The van der Waals surface area contributed by atoms with Gasteiger partial charge < -0.3 is 14.8 Å². The third-order valence-corrected chi connectivity index (χ3v) is 5.45. The van der Waals surface area contributed by atoms with E-state index in [0.717, 1.165) is 35.2 Å². The topological polar surface area (TPSA) is 50.8 Å². The summed E-state index contributed by atoms with van der Waals surface area (Å²) in [5.74, 6) is 0.775.